The molecule has 136 valence electrons. The third-order valence-electron chi connectivity index (χ3n) is 4.66. The minimum Gasteiger partial charge on any atom is -0.481 e. The van der Waals surface area contributed by atoms with E-state index in [4.69, 9.17) is 0 Å². The molecule has 0 aliphatic carbocycles. The van der Waals surface area contributed by atoms with Gasteiger partial charge in [0.1, 0.15) is 10.3 Å². The molecule has 1 saturated heterocycles. The highest BCUT2D eigenvalue weighted by atomic mass is 32.2. The molecule has 0 radical (unpaired) electrons. The maximum Gasteiger partial charge on any atom is 0.313 e. The second kappa shape index (κ2) is 6.81. The third-order valence-corrected chi connectivity index (χ3v) is 6.46. The van der Waals surface area contributed by atoms with E-state index in [0.29, 0.717) is 6.42 Å². The Hall–Kier alpha value is -1.45. The van der Waals surface area contributed by atoms with Gasteiger partial charge in [0.05, 0.1) is 12.3 Å². The standard InChI is InChI=1S/C15H25N3O5S/c1-11(2)4-6-15(14(20)21)10-18(7-5-13(15)19)24(22,23)12-8-16-17(3)9-12/h8-9,11,13,19H,4-7,10H2,1-3H3,(H,20,21)/t13-,15+/m0/s1. The summed E-state index contributed by atoms with van der Waals surface area (Å²) >= 11 is 0. The minimum atomic E-state index is -3.83. The van der Waals surface area contributed by atoms with E-state index in [2.05, 4.69) is 5.10 Å². The van der Waals surface area contributed by atoms with E-state index in [1.165, 1.54) is 17.1 Å². The molecule has 0 saturated carbocycles. The number of aliphatic carboxylic acids is 1. The van der Waals surface area contributed by atoms with Gasteiger partial charge in [-0.3, -0.25) is 9.48 Å². The summed E-state index contributed by atoms with van der Waals surface area (Å²) in [6.07, 6.45) is 2.51. The van der Waals surface area contributed by atoms with Crippen LogP contribution in [0.2, 0.25) is 0 Å². The highest BCUT2D eigenvalue weighted by molar-refractivity contribution is 7.89. The largest absolute Gasteiger partial charge is 0.481 e. The summed E-state index contributed by atoms with van der Waals surface area (Å²) in [4.78, 5) is 11.9. The van der Waals surface area contributed by atoms with E-state index in [0.717, 1.165) is 4.31 Å². The topological polar surface area (TPSA) is 113 Å². The van der Waals surface area contributed by atoms with Gasteiger partial charge in [-0.2, -0.15) is 9.40 Å². The summed E-state index contributed by atoms with van der Waals surface area (Å²) in [5, 5.41) is 23.9. The van der Waals surface area contributed by atoms with Crippen LogP contribution in [0, 0.1) is 11.3 Å². The molecule has 0 aromatic carbocycles. The van der Waals surface area contributed by atoms with Crippen molar-refractivity contribution in [2.45, 2.75) is 44.1 Å². The molecule has 2 heterocycles. The summed E-state index contributed by atoms with van der Waals surface area (Å²) in [5.74, 6) is -0.888. The number of nitrogens with zero attached hydrogens (tertiary/aromatic N) is 3. The molecular formula is C15H25N3O5S. The van der Waals surface area contributed by atoms with Crippen LogP contribution in [-0.2, 0) is 21.9 Å². The predicted molar refractivity (Wildman–Crippen MR) is 86.7 cm³/mol. The fourth-order valence-corrected chi connectivity index (χ4v) is 4.55. The summed E-state index contributed by atoms with van der Waals surface area (Å²) in [7, 11) is -2.22. The van der Waals surface area contributed by atoms with Crippen LogP contribution >= 0.6 is 0 Å². The average molecular weight is 359 g/mol. The normalized spacial score (nSPS) is 26.0. The summed E-state index contributed by atoms with van der Waals surface area (Å²) in [6.45, 7) is 3.80. The molecule has 2 N–H and O–H groups in total. The number of hydrogen-bond acceptors (Lipinski definition) is 5. The summed E-state index contributed by atoms with van der Waals surface area (Å²) in [5.41, 5.74) is -1.47. The molecule has 0 spiro atoms. The van der Waals surface area contributed by atoms with Crippen LogP contribution in [0.3, 0.4) is 0 Å². The van der Waals surface area contributed by atoms with E-state index in [1.54, 1.807) is 7.05 Å². The molecule has 0 unspecified atom stereocenters. The lowest BCUT2D eigenvalue weighted by atomic mass is 9.73. The Morgan fingerprint density at radius 3 is 2.67 bits per heavy atom. The average Bonchev–Trinajstić information content (AvgIpc) is 2.93. The van der Waals surface area contributed by atoms with E-state index >= 15 is 0 Å². The maximum atomic E-state index is 12.8. The number of aromatic nitrogens is 2. The number of hydrogen-bond donors (Lipinski definition) is 2. The van der Waals surface area contributed by atoms with Crippen molar-refractivity contribution >= 4 is 16.0 Å². The van der Waals surface area contributed by atoms with Gasteiger partial charge in [0.25, 0.3) is 0 Å². The fraction of sp³-hybridized carbons (Fsp3) is 0.733. The number of aliphatic hydroxyl groups excluding tert-OH is 1. The molecule has 0 amide bonds. The number of carbonyl (C=O) groups is 1. The van der Waals surface area contributed by atoms with Gasteiger partial charge in [0.15, 0.2) is 0 Å². The van der Waals surface area contributed by atoms with Crippen LogP contribution in [0.4, 0.5) is 0 Å². The van der Waals surface area contributed by atoms with Crippen molar-refractivity contribution in [2.75, 3.05) is 13.1 Å². The van der Waals surface area contributed by atoms with Crippen LogP contribution in [0.5, 0.6) is 0 Å². The number of carboxylic acids is 1. The van der Waals surface area contributed by atoms with Crippen LogP contribution in [0.1, 0.15) is 33.1 Å². The molecule has 1 fully saturated rings. The van der Waals surface area contributed by atoms with Gasteiger partial charge in [0, 0.05) is 26.3 Å². The highest BCUT2D eigenvalue weighted by Gasteiger charge is 2.51. The van der Waals surface area contributed by atoms with Crippen LogP contribution in [-0.4, -0.2) is 57.9 Å². The van der Waals surface area contributed by atoms with E-state index in [1.807, 2.05) is 13.8 Å². The molecule has 1 aliphatic heterocycles. The smallest absolute Gasteiger partial charge is 0.313 e. The maximum absolute atomic E-state index is 12.8. The second-order valence-electron chi connectivity index (χ2n) is 6.89. The Labute approximate surface area is 142 Å². The van der Waals surface area contributed by atoms with Gasteiger partial charge >= 0.3 is 5.97 Å². The van der Waals surface area contributed by atoms with Gasteiger partial charge in [0.2, 0.25) is 10.0 Å². The Morgan fingerprint density at radius 1 is 1.50 bits per heavy atom. The molecular weight excluding hydrogens is 334 g/mol. The molecule has 2 atom stereocenters. The van der Waals surface area contributed by atoms with Crippen molar-refractivity contribution in [1.29, 1.82) is 0 Å². The zero-order valence-corrected chi connectivity index (χ0v) is 15.0. The molecule has 8 nitrogen and oxygen atoms in total. The van der Waals surface area contributed by atoms with Crippen molar-refractivity contribution < 1.29 is 23.4 Å². The zero-order chi connectivity index (χ0) is 18.1. The molecule has 2 rings (SSSR count). The first-order valence-corrected chi connectivity index (χ1v) is 9.44. The molecule has 1 aromatic heterocycles. The number of piperidine rings is 1. The SMILES string of the molecule is CC(C)CC[C@@]1(C(=O)O)CN(S(=O)(=O)c2cnn(C)c2)CC[C@@H]1O. The third kappa shape index (κ3) is 3.47. The van der Waals surface area contributed by atoms with E-state index < -0.39 is 27.5 Å². The number of rotatable bonds is 6. The van der Waals surface area contributed by atoms with Gasteiger partial charge in [-0.15, -0.1) is 0 Å². The van der Waals surface area contributed by atoms with E-state index in [-0.39, 0.29) is 36.7 Å². The van der Waals surface area contributed by atoms with Crippen molar-refractivity contribution in [1.82, 2.24) is 14.1 Å². The molecule has 0 bridgehead atoms. The second-order valence-corrected chi connectivity index (χ2v) is 8.82. The van der Waals surface area contributed by atoms with Gasteiger partial charge in [-0.1, -0.05) is 13.8 Å². The number of sulfonamides is 1. The Morgan fingerprint density at radius 2 is 2.17 bits per heavy atom. The van der Waals surface area contributed by atoms with Crippen molar-refractivity contribution in [3.63, 3.8) is 0 Å². The fourth-order valence-electron chi connectivity index (χ4n) is 3.04. The van der Waals surface area contributed by atoms with Crippen molar-refractivity contribution in [3.8, 4) is 0 Å². The lowest BCUT2D eigenvalue weighted by molar-refractivity contribution is -0.162. The first-order chi connectivity index (χ1) is 11.1. The Balaban J connectivity index is 2.33. The Bertz CT molecular complexity index is 700. The summed E-state index contributed by atoms with van der Waals surface area (Å²) in [6, 6.07) is 0. The molecule has 1 aliphatic rings. The molecule has 1 aromatic rings. The van der Waals surface area contributed by atoms with Crippen LogP contribution < -0.4 is 0 Å². The van der Waals surface area contributed by atoms with Crippen LogP contribution in [0.15, 0.2) is 17.3 Å². The van der Waals surface area contributed by atoms with E-state index in [9.17, 15) is 23.4 Å². The highest BCUT2D eigenvalue weighted by Crippen LogP contribution is 2.38. The van der Waals surface area contributed by atoms with Gasteiger partial charge < -0.3 is 10.2 Å². The number of aliphatic hydroxyl groups is 1. The Kier molecular flexibility index (Phi) is 5.36. The minimum absolute atomic E-state index is 0.0320. The first-order valence-electron chi connectivity index (χ1n) is 8.00. The predicted octanol–water partition coefficient (Wildman–Crippen LogP) is 0.683. The summed E-state index contributed by atoms with van der Waals surface area (Å²) < 4.78 is 28.0. The van der Waals surface area contributed by atoms with Crippen molar-refractivity contribution in [2.24, 2.45) is 18.4 Å². The zero-order valence-electron chi connectivity index (χ0n) is 14.2. The molecule has 9 heteroatoms. The first kappa shape index (κ1) is 18.9. The lowest BCUT2D eigenvalue weighted by Crippen LogP contribution is -2.57. The number of aryl methyl sites for hydroxylation is 1. The van der Waals surface area contributed by atoms with Gasteiger partial charge in [-0.05, 0) is 25.2 Å². The lowest BCUT2D eigenvalue weighted by Gasteiger charge is -2.42. The van der Waals surface area contributed by atoms with Gasteiger partial charge in [-0.25, -0.2) is 8.42 Å². The van der Waals surface area contributed by atoms with Crippen molar-refractivity contribution in [3.05, 3.63) is 12.4 Å². The van der Waals surface area contributed by atoms with Crippen LogP contribution in [0.25, 0.3) is 0 Å². The number of carboxylic acid groups (broad SMARTS) is 1. The molecule has 24 heavy (non-hydrogen) atoms. The monoisotopic (exact) mass is 359 g/mol. The quantitative estimate of drug-likeness (QED) is 0.772.